The number of carbonyl (C=O) groups excluding carboxylic acids is 1. The average molecular weight is 381 g/mol. The van der Waals surface area contributed by atoms with Crippen molar-refractivity contribution in [3.8, 4) is 0 Å². The minimum absolute atomic E-state index is 0.129. The van der Waals surface area contributed by atoms with Crippen molar-refractivity contribution in [3.05, 3.63) is 62.6 Å². The summed E-state index contributed by atoms with van der Waals surface area (Å²) in [7, 11) is 0. The van der Waals surface area contributed by atoms with Gasteiger partial charge in [0, 0.05) is 11.4 Å². The molecular formula is C19H19N5O2S. The molecule has 0 aliphatic rings. The lowest BCUT2D eigenvalue weighted by Gasteiger charge is -2.05. The first-order chi connectivity index (χ1) is 12.9. The molecule has 138 valence electrons. The molecule has 27 heavy (non-hydrogen) atoms. The minimum atomic E-state index is -0.367. The molecule has 3 aromatic heterocycles. The summed E-state index contributed by atoms with van der Waals surface area (Å²) in [6, 6.07) is 7.93. The first kappa shape index (κ1) is 17.4. The molecule has 0 aliphatic carbocycles. The van der Waals surface area contributed by atoms with E-state index in [4.69, 9.17) is 0 Å². The van der Waals surface area contributed by atoms with Crippen LogP contribution in [0.15, 0.2) is 35.4 Å². The van der Waals surface area contributed by atoms with Crippen molar-refractivity contribution in [2.24, 2.45) is 0 Å². The van der Waals surface area contributed by atoms with Gasteiger partial charge in [0.05, 0.1) is 5.39 Å². The third-order valence-electron chi connectivity index (χ3n) is 4.65. The normalized spacial score (nSPS) is 11.4. The van der Waals surface area contributed by atoms with Crippen molar-refractivity contribution in [1.29, 1.82) is 0 Å². The molecule has 0 fully saturated rings. The summed E-state index contributed by atoms with van der Waals surface area (Å²) in [6.45, 7) is 6.31. The Hall–Kier alpha value is -3.00. The molecule has 3 heterocycles. The van der Waals surface area contributed by atoms with Crippen molar-refractivity contribution in [2.75, 3.05) is 0 Å². The molecule has 0 unspecified atom stereocenters. The van der Waals surface area contributed by atoms with Crippen LogP contribution in [0.25, 0.3) is 15.9 Å². The SMILES string of the molecule is Cc1ccc(CNC(=O)Cn2nc3c4c(C)c(C)sc4ncn3c2=O)cc1. The number of aryl methyl sites for hydroxylation is 3. The number of benzene rings is 1. The van der Waals surface area contributed by atoms with Gasteiger partial charge in [0.25, 0.3) is 0 Å². The van der Waals surface area contributed by atoms with E-state index in [-0.39, 0.29) is 18.1 Å². The van der Waals surface area contributed by atoms with Gasteiger partial charge in [-0.25, -0.2) is 18.9 Å². The third-order valence-corrected chi connectivity index (χ3v) is 5.77. The second-order valence-corrected chi connectivity index (χ2v) is 7.81. The van der Waals surface area contributed by atoms with Gasteiger partial charge in [-0.2, -0.15) is 0 Å². The number of rotatable bonds is 4. The van der Waals surface area contributed by atoms with Crippen LogP contribution in [0.4, 0.5) is 0 Å². The molecule has 0 spiro atoms. The predicted molar refractivity (Wildman–Crippen MR) is 105 cm³/mol. The molecule has 7 nitrogen and oxygen atoms in total. The highest BCUT2D eigenvalue weighted by atomic mass is 32.1. The van der Waals surface area contributed by atoms with E-state index in [1.54, 1.807) is 11.3 Å². The highest BCUT2D eigenvalue weighted by molar-refractivity contribution is 7.18. The summed E-state index contributed by atoms with van der Waals surface area (Å²) in [4.78, 5) is 31.2. The zero-order valence-electron chi connectivity index (χ0n) is 15.3. The minimum Gasteiger partial charge on any atom is -0.350 e. The van der Waals surface area contributed by atoms with Crippen LogP contribution in [0.1, 0.15) is 21.6 Å². The fraction of sp³-hybridized carbons (Fsp3) is 0.263. The van der Waals surface area contributed by atoms with Crippen molar-refractivity contribution in [3.63, 3.8) is 0 Å². The summed E-state index contributed by atoms with van der Waals surface area (Å²) in [5.74, 6) is -0.261. The number of hydrogen-bond acceptors (Lipinski definition) is 5. The molecule has 1 amide bonds. The molecule has 4 rings (SSSR count). The van der Waals surface area contributed by atoms with Crippen LogP contribution >= 0.6 is 11.3 Å². The summed E-state index contributed by atoms with van der Waals surface area (Å²) in [5.41, 5.74) is 3.41. The van der Waals surface area contributed by atoms with Gasteiger partial charge in [0.15, 0.2) is 5.65 Å². The third kappa shape index (κ3) is 3.12. The van der Waals surface area contributed by atoms with Crippen LogP contribution in [-0.4, -0.2) is 25.1 Å². The van der Waals surface area contributed by atoms with E-state index in [9.17, 15) is 9.59 Å². The van der Waals surface area contributed by atoms with Gasteiger partial charge in [-0.3, -0.25) is 4.79 Å². The summed E-state index contributed by atoms with van der Waals surface area (Å²) < 4.78 is 2.59. The summed E-state index contributed by atoms with van der Waals surface area (Å²) in [6.07, 6.45) is 1.48. The number of hydrogen-bond donors (Lipinski definition) is 1. The van der Waals surface area contributed by atoms with Crippen molar-refractivity contribution in [1.82, 2.24) is 24.5 Å². The molecule has 0 radical (unpaired) electrons. The van der Waals surface area contributed by atoms with Crippen LogP contribution in [0.3, 0.4) is 0 Å². The second kappa shape index (κ2) is 6.62. The monoisotopic (exact) mass is 381 g/mol. The molecule has 0 bridgehead atoms. The molecule has 0 saturated heterocycles. The first-order valence-electron chi connectivity index (χ1n) is 8.60. The lowest BCUT2D eigenvalue weighted by molar-refractivity contribution is -0.122. The smallest absolute Gasteiger partial charge is 0.350 e. The van der Waals surface area contributed by atoms with Gasteiger partial charge in [-0.1, -0.05) is 29.8 Å². The zero-order chi connectivity index (χ0) is 19.1. The Balaban J connectivity index is 1.59. The molecule has 0 atom stereocenters. The van der Waals surface area contributed by atoms with E-state index in [2.05, 4.69) is 15.4 Å². The Kier molecular flexibility index (Phi) is 4.27. The highest BCUT2D eigenvalue weighted by Gasteiger charge is 2.17. The van der Waals surface area contributed by atoms with E-state index in [1.165, 1.54) is 21.0 Å². The Morgan fingerprint density at radius 1 is 1.19 bits per heavy atom. The van der Waals surface area contributed by atoms with Crippen molar-refractivity contribution in [2.45, 2.75) is 33.9 Å². The van der Waals surface area contributed by atoms with Gasteiger partial charge in [0.2, 0.25) is 5.91 Å². The van der Waals surface area contributed by atoms with Crippen LogP contribution in [0, 0.1) is 20.8 Å². The number of carbonyl (C=O) groups is 1. The Bertz CT molecular complexity index is 1220. The average Bonchev–Trinajstić information content (AvgIpc) is 3.11. The van der Waals surface area contributed by atoms with E-state index >= 15 is 0 Å². The number of aromatic nitrogens is 4. The number of fused-ring (bicyclic) bond motifs is 3. The lowest BCUT2D eigenvalue weighted by Crippen LogP contribution is -2.32. The molecule has 4 aromatic rings. The molecule has 1 N–H and O–H groups in total. The number of amides is 1. The standard InChI is InChI=1S/C19H19N5O2S/c1-11-4-6-14(7-5-11)8-20-15(25)9-24-19(26)23-10-21-18-16(17(23)22-24)12(2)13(3)27-18/h4-7,10H,8-9H2,1-3H3,(H,20,25). The van der Waals surface area contributed by atoms with E-state index < -0.39 is 0 Å². The van der Waals surface area contributed by atoms with Gasteiger partial charge in [-0.15, -0.1) is 16.4 Å². The Morgan fingerprint density at radius 2 is 1.93 bits per heavy atom. The lowest BCUT2D eigenvalue weighted by atomic mass is 10.1. The summed E-state index contributed by atoms with van der Waals surface area (Å²) in [5, 5.41) is 8.09. The topological polar surface area (TPSA) is 81.3 Å². The molecule has 0 aliphatic heterocycles. The summed E-state index contributed by atoms with van der Waals surface area (Å²) >= 11 is 1.57. The van der Waals surface area contributed by atoms with Crippen molar-refractivity contribution < 1.29 is 4.79 Å². The quantitative estimate of drug-likeness (QED) is 0.588. The maximum absolute atomic E-state index is 12.6. The maximum atomic E-state index is 12.6. The Morgan fingerprint density at radius 3 is 2.67 bits per heavy atom. The van der Waals surface area contributed by atoms with E-state index in [0.717, 1.165) is 26.2 Å². The van der Waals surface area contributed by atoms with Gasteiger partial charge in [-0.05, 0) is 31.9 Å². The van der Waals surface area contributed by atoms with Crippen LogP contribution in [-0.2, 0) is 17.9 Å². The van der Waals surface area contributed by atoms with Crippen LogP contribution < -0.4 is 11.0 Å². The Labute approximate surface area is 159 Å². The van der Waals surface area contributed by atoms with E-state index in [0.29, 0.717) is 12.2 Å². The van der Waals surface area contributed by atoms with Crippen LogP contribution in [0.5, 0.6) is 0 Å². The van der Waals surface area contributed by atoms with E-state index in [1.807, 2.05) is 45.0 Å². The number of nitrogens with one attached hydrogen (secondary N) is 1. The number of thiophene rings is 1. The van der Waals surface area contributed by atoms with Gasteiger partial charge < -0.3 is 5.32 Å². The second-order valence-electron chi connectivity index (χ2n) is 6.60. The maximum Gasteiger partial charge on any atom is 0.352 e. The fourth-order valence-corrected chi connectivity index (χ4v) is 3.96. The first-order valence-corrected chi connectivity index (χ1v) is 9.42. The number of nitrogens with zero attached hydrogens (tertiary/aromatic N) is 4. The molecular weight excluding hydrogens is 362 g/mol. The largest absolute Gasteiger partial charge is 0.352 e. The van der Waals surface area contributed by atoms with Gasteiger partial charge >= 0.3 is 5.69 Å². The molecule has 8 heteroatoms. The molecule has 0 saturated carbocycles. The zero-order valence-corrected chi connectivity index (χ0v) is 16.1. The van der Waals surface area contributed by atoms with Gasteiger partial charge in [0.1, 0.15) is 17.7 Å². The van der Waals surface area contributed by atoms with Crippen LogP contribution in [0.2, 0.25) is 0 Å². The predicted octanol–water partition coefficient (Wildman–Crippen LogP) is 2.35. The fourth-order valence-electron chi connectivity index (χ4n) is 2.97. The molecule has 1 aromatic carbocycles. The highest BCUT2D eigenvalue weighted by Crippen LogP contribution is 2.30. The van der Waals surface area contributed by atoms with Crippen molar-refractivity contribution >= 4 is 33.1 Å².